The highest BCUT2D eigenvalue weighted by molar-refractivity contribution is 6.13. The summed E-state index contributed by atoms with van der Waals surface area (Å²) < 4.78 is 60.5. The highest BCUT2D eigenvalue weighted by Crippen LogP contribution is 2.38. The fourth-order valence-corrected chi connectivity index (χ4v) is 6.04. The maximum absolute atomic E-state index is 9.47. The molecular formula is C45H29N3O. The average Bonchev–Trinajstić information content (AvgIpc) is 3.64. The van der Waals surface area contributed by atoms with E-state index in [-0.39, 0.29) is 69.6 Å². The topological polar surface area (TPSA) is 51.8 Å². The molecule has 2 aromatic heterocycles. The lowest BCUT2D eigenvalue weighted by Gasteiger charge is -2.10. The minimum absolute atomic E-state index is 0.0137. The van der Waals surface area contributed by atoms with E-state index in [4.69, 9.17) is 23.5 Å². The molecule has 0 spiro atoms. The zero-order chi connectivity index (χ0) is 37.8. The molecule has 9 rings (SSSR count). The Labute approximate surface area is 292 Å². The lowest BCUT2D eigenvalue weighted by Crippen LogP contribution is -2.00. The summed E-state index contributed by atoms with van der Waals surface area (Å²) in [5.74, 6) is 0.648. The van der Waals surface area contributed by atoms with Gasteiger partial charge in [-0.2, -0.15) is 0 Å². The predicted octanol–water partition coefficient (Wildman–Crippen LogP) is 11.8. The van der Waals surface area contributed by atoms with Crippen molar-refractivity contribution in [1.82, 2.24) is 15.0 Å². The molecule has 9 aromatic rings. The van der Waals surface area contributed by atoms with Gasteiger partial charge in [0.05, 0.1) is 8.22 Å². The Morgan fingerprint density at radius 1 is 0.408 bits per heavy atom. The molecule has 0 bridgehead atoms. The monoisotopic (exact) mass is 633 g/mol. The van der Waals surface area contributed by atoms with Crippen molar-refractivity contribution in [3.63, 3.8) is 0 Å². The first kappa shape index (κ1) is 22.8. The van der Waals surface area contributed by atoms with E-state index in [0.29, 0.717) is 33.9 Å². The van der Waals surface area contributed by atoms with Crippen molar-refractivity contribution >= 4 is 21.9 Å². The molecule has 0 saturated carbocycles. The second kappa shape index (κ2) is 12.2. The van der Waals surface area contributed by atoms with Crippen LogP contribution in [-0.2, 0) is 0 Å². The second-order valence-electron chi connectivity index (χ2n) is 11.6. The van der Waals surface area contributed by atoms with Crippen LogP contribution >= 0.6 is 0 Å². The number of nitrogens with zero attached hydrogens (tertiary/aromatic N) is 3. The molecular weight excluding hydrogens is 599 g/mol. The van der Waals surface area contributed by atoms with Gasteiger partial charge in [0.15, 0.2) is 17.5 Å². The van der Waals surface area contributed by atoms with E-state index in [1.807, 2.05) is 115 Å². The van der Waals surface area contributed by atoms with Crippen molar-refractivity contribution < 1.29 is 12.6 Å². The van der Waals surface area contributed by atoms with Gasteiger partial charge in [-0.05, 0) is 57.6 Å². The summed E-state index contributed by atoms with van der Waals surface area (Å²) in [7, 11) is 0. The molecule has 2 heterocycles. The van der Waals surface area contributed by atoms with Crippen LogP contribution in [0.25, 0.3) is 89.5 Å². The van der Waals surface area contributed by atoms with E-state index in [9.17, 15) is 4.11 Å². The first-order valence-electron chi connectivity index (χ1n) is 18.9. The summed E-state index contributed by atoms with van der Waals surface area (Å²) in [5.41, 5.74) is 6.21. The maximum Gasteiger partial charge on any atom is 0.164 e. The SMILES string of the molecule is [2H]c1c([2H])c(-c2ccccc2)c2c(oc3c([2H])c(-c4nc(-c5ccc(-c6ccccc6)cc5)nc(-c5cccc(-c6ccccc6)c5)n4)c([2H])c([2H])c32)c1[2H]. The number of hydrogen-bond donors (Lipinski definition) is 0. The van der Waals surface area contributed by atoms with E-state index >= 15 is 0 Å². The average molecular weight is 634 g/mol. The summed E-state index contributed by atoms with van der Waals surface area (Å²) >= 11 is 0. The third-order valence-corrected chi connectivity index (χ3v) is 8.47. The Hall–Kier alpha value is -6.65. The molecule has 0 amide bonds. The molecule has 0 fully saturated rings. The van der Waals surface area contributed by atoms with Crippen LogP contribution in [-0.4, -0.2) is 15.0 Å². The molecule has 0 N–H and O–H groups in total. The highest BCUT2D eigenvalue weighted by Gasteiger charge is 2.17. The number of hydrogen-bond acceptors (Lipinski definition) is 4. The van der Waals surface area contributed by atoms with Gasteiger partial charge in [0.2, 0.25) is 0 Å². The normalized spacial score (nSPS) is 13.0. The van der Waals surface area contributed by atoms with Gasteiger partial charge in [-0.25, -0.2) is 15.0 Å². The van der Waals surface area contributed by atoms with E-state index in [2.05, 4.69) is 0 Å². The number of fused-ring (bicyclic) bond motifs is 3. The van der Waals surface area contributed by atoms with Crippen LogP contribution in [0.5, 0.6) is 0 Å². The summed E-state index contributed by atoms with van der Waals surface area (Å²) in [4.78, 5) is 14.6. The van der Waals surface area contributed by atoms with Crippen molar-refractivity contribution in [2.75, 3.05) is 0 Å². The van der Waals surface area contributed by atoms with Crippen LogP contribution in [0.15, 0.2) is 180 Å². The molecule has 4 heteroatoms. The largest absolute Gasteiger partial charge is 0.456 e. The van der Waals surface area contributed by atoms with Crippen molar-refractivity contribution in [3.8, 4) is 67.5 Å². The van der Waals surface area contributed by atoms with Crippen molar-refractivity contribution in [1.29, 1.82) is 0 Å². The Morgan fingerprint density at radius 3 is 1.63 bits per heavy atom. The fourth-order valence-electron chi connectivity index (χ4n) is 6.04. The first-order chi connectivity index (χ1) is 26.8. The van der Waals surface area contributed by atoms with Gasteiger partial charge in [-0.1, -0.05) is 152 Å². The molecule has 0 radical (unpaired) electrons. The van der Waals surface area contributed by atoms with Gasteiger partial charge >= 0.3 is 0 Å². The Balaban J connectivity index is 1.29. The summed E-state index contributed by atoms with van der Waals surface area (Å²) in [6.07, 6.45) is 0. The molecule has 4 nitrogen and oxygen atoms in total. The Kier molecular flexibility index (Phi) is 5.67. The molecule has 230 valence electrons. The molecule has 0 atom stereocenters. The summed E-state index contributed by atoms with van der Waals surface area (Å²) in [6.45, 7) is 0. The standard InChI is InChI=1S/C45H29N3O/c1-4-12-30(13-5-1)32-22-24-34(25-23-32)43-46-44(36-19-10-18-35(28-36)31-14-6-2-7-15-31)48-45(47-43)37-26-27-39-41(29-37)49-40-21-11-20-38(42(39)40)33-16-8-3-9-17-33/h1-29H/i11D,20D,21D,26D,27D,29D. The first-order valence-corrected chi connectivity index (χ1v) is 15.9. The minimum atomic E-state index is -0.336. The van der Waals surface area contributed by atoms with Crippen LogP contribution in [0.2, 0.25) is 0 Å². The van der Waals surface area contributed by atoms with E-state index in [1.54, 1.807) is 24.3 Å². The quantitative estimate of drug-likeness (QED) is 0.183. The third kappa shape index (κ3) is 5.45. The fraction of sp³-hybridized carbons (Fsp3) is 0. The molecule has 0 aliphatic carbocycles. The van der Waals surface area contributed by atoms with E-state index in [1.165, 1.54) is 0 Å². The molecule has 0 aliphatic heterocycles. The van der Waals surface area contributed by atoms with Crippen molar-refractivity contribution in [3.05, 3.63) is 176 Å². The van der Waals surface area contributed by atoms with Crippen molar-refractivity contribution in [2.45, 2.75) is 0 Å². The van der Waals surface area contributed by atoms with Gasteiger partial charge in [-0.15, -0.1) is 0 Å². The molecule has 0 saturated heterocycles. The van der Waals surface area contributed by atoms with Crippen LogP contribution < -0.4 is 0 Å². The number of furan rings is 1. The van der Waals surface area contributed by atoms with Crippen LogP contribution in [0.3, 0.4) is 0 Å². The molecule has 0 unspecified atom stereocenters. The number of aromatic nitrogens is 3. The van der Waals surface area contributed by atoms with Gasteiger partial charge in [0.1, 0.15) is 11.2 Å². The van der Waals surface area contributed by atoms with Gasteiger partial charge in [0, 0.05) is 27.5 Å². The van der Waals surface area contributed by atoms with Gasteiger partial charge < -0.3 is 4.42 Å². The van der Waals surface area contributed by atoms with E-state index in [0.717, 1.165) is 22.3 Å². The Morgan fingerprint density at radius 2 is 0.939 bits per heavy atom. The van der Waals surface area contributed by atoms with Crippen LogP contribution in [0.1, 0.15) is 8.22 Å². The molecule has 7 aromatic carbocycles. The number of rotatable bonds is 6. The molecule has 49 heavy (non-hydrogen) atoms. The van der Waals surface area contributed by atoms with Gasteiger partial charge in [0.25, 0.3) is 0 Å². The third-order valence-electron chi connectivity index (χ3n) is 8.47. The summed E-state index contributed by atoms with van der Waals surface area (Å²) in [6, 6.07) is 42.9. The highest BCUT2D eigenvalue weighted by atomic mass is 16.3. The number of benzene rings is 7. The second-order valence-corrected chi connectivity index (χ2v) is 11.6. The van der Waals surface area contributed by atoms with E-state index < -0.39 is 0 Å². The summed E-state index contributed by atoms with van der Waals surface area (Å²) in [5, 5.41) is 0.371. The maximum atomic E-state index is 9.47. The minimum Gasteiger partial charge on any atom is -0.456 e. The Bertz CT molecular complexity index is 2920. The van der Waals surface area contributed by atoms with Gasteiger partial charge in [-0.3, -0.25) is 0 Å². The van der Waals surface area contributed by atoms with Crippen LogP contribution in [0.4, 0.5) is 0 Å². The lowest BCUT2D eigenvalue weighted by atomic mass is 9.99. The smallest absolute Gasteiger partial charge is 0.164 e. The van der Waals surface area contributed by atoms with Crippen molar-refractivity contribution in [2.24, 2.45) is 0 Å². The zero-order valence-electron chi connectivity index (χ0n) is 32.0. The zero-order valence-corrected chi connectivity index (χ0v) is 26.0. The molecule has 0 aliphatic rings. The van der Waals surface area contributed by atoms with Crippen LogP contribution in [0, 0.1) is 0 Å². The lowest BCUT2D eigenvalue weighted by molar-refractivity contribution is 0.669. The predicted molar refractivity (Wildman–Crippen MR) is 200 cm³/mol.